The fraction of sp³-hybridized carbons (Fsp3) is 0.692. The number of carboxylic acids is 2. The maximum Gasteiger partial charge on any atom is 0.318 e. The van der Waals surface area contributed by atoms with E-state index in [2.05, 4.69) is 6.58 Å². The van der Waals surface area contributed by atoms with Crippen LogP contribution in [0.3, 0.4) is 0 Å². The molecule has 0 heterocycles. The minimum atomic E-state index is -1.88. The van der Waals surface area contributed by atoms with Gasteiger partial charge < -0.3 is 19.7 Å². The van der Waals surface area contributed by atoms with Gasteiger partial charge in [-0.05, 0) is 26.1 Å². The molecule has 7 heteroatoms. The van der Waals surface area contributed by atoms with E-state index in [9.17, 15) is 14.7 Å². The summed E-state index contributed by atoms with van der Waals surface area (Å²) in [5.74, 6) is -5.93. The van der Waals surface area contributed by atoms with Gasteiger partial charge in [-0.3, -0.25) is 9.59 Å². The van der Waals surface area contributed by atoms with Gasteiger partial charge in [-0.2, -0.15) is 0 Å². The fourth-order valence-electron chi connectivity index (χ4n) is 2.83. The third-order valence-electron chi connectivity index (χ3n) is 3.49. The number of aliphatic carboxylic acids is 2. The first-order chi connectivity index (χ1) is 9.08. The van der Waals surface area contributed by atoms with Crippen molar-refractivity contribution in [3.8, 4) is 0 Å². The van der Waals surface area contributed by atoms with E-state index in [0.717, 1.165) is 0 Å². The molecule has 1 fully saturated rings. The molecule has 20 heavy (non-hydrogen) atoms. The molecule has 1 saturated carbocycles. The van der Waals surface area contributed by atoms with E-state index in [1.807, 2.05) is 19.6 Å². The van der Waals surface area contributed by atoms with Crippen LogP contribution >= 0.6 is 0 Å². The summed E-state index contributed by atoms with van der Waals surface area (Å²) >= 11 is 0. The van der Waals surface area contributed by atoms with E-state index in [4.69, 9.17) is 14.6 Å². The van der Waals surface area contributed by atoms with Crippen LogP contribution in [0.25, 0.3) is 0 Å². The predicted octanol–water partition coefficient (Wildman–Crippen LogP) is 1.17. The number of aliphatic hydroxyl groups excluding tert-OH is 1. The minimum absolute atomic E-state index is 0.239. The molecule has 1 rings (SSSR count). The summed E-state index contributed by atoms with van der Waals surface area (Å²) in [6, 6.07) is 0. The van der Waals surface area contributed by atoms with Crippen molar-refractivity contribution < 1.29 is 29.3 Å². The van der Waals surface area contributed by atoms with Crippen molar-refractivity contribution in [2.75, 3.05) is 0 Å². The molecule has 0 radical (unpaired) electrons. The van der Waals surface area contributed by atoms with Crippen molar-refractivity contribution >= 4 is 20.3 Å². The highest BCUT2D eigenvalue weighted by molar-refractivity contribution is 6.69. The zero-order valence-electron chi connectivity index (χ0n) is 11.9. The summed E-state index contributed by atoms with van der Waals surface area (Å²) in [6.07, 6.45) is 0.352. The Labute approximate surface area is 119 Å². The van der Waals surface area contributed by atoms with E-state index in [0.29, 0.717) is 0 Å². The predicted molar refractivity (Wildman–Crippen MR) is 74.8 cm³/mol. The van der Waals surface area contributed by atoms with Gasteiger partial charge in [0.05, 0.1) is 12.2 Å². The summed E-state index contributed by atoms with van der Waals surface area (Å²) in [5.41, 5.74) is 0. The van der Waals surface area contributed by atoms with E-state index >= 15 is 0 Å². The smallest absolute Gasteiger partial charge is 0.318 e. The molecular weight excluding hydrogens is 280 g/mol. The third kappa shape index (κ3) is 3.68. The lowest BCUT2D eigenvalue weighted by atomic mass is 9.82. The lowest BCUT2D eigenvalue weighted by molar-refractivity contribution is -0.159. The highest BCUT2D eigenvalue weighted by Gasteiger charge is 2.51. The van der Waals surface area contributed by atoms with Crippen LogP contribution in [0.15, 0.2) is 12.7 Å². The Morgan fingerprint density at radius 1 is 1.30 bits per heavy atom. The summed E-state index contributed by atoms with van der Waals surface area (Å²) < 4.78 is 5.93. The standard InChI is InChI=1S/C13H22O6Si/c1-5-7-9(19-20(2,3)4)6-8(14)10(7)11(12(15)16)13(17)18/h5,7-11,14H,1,6H2,2-4H3,(H,15,16)(H,17,18)/t7-,8-,9+,10+/m0/s1. The Kier molecular flexibility index (Phi) is 5.12. The first-order valence-electron chi connectivity index (χ1n) is 6.52. The van der Waals surface area contributed by atoms with E-state index in [1.54, 1.807) is 0 Å². The van der Waals surface area contributed by atoms with Gasteiger partial charge in [0.25, 0.3) is 0 Å². The molecule has 0 bridgehead atoms. The second-order valence-corrected chi connectivity index (χ2v) is 10.6. The largest absolute Gasteiger partial charge is 0.481 e. The van der Waals surface area contributed by atoms with Gasteiger partial charge >= 0.3 is 11.9 Å². The first kappa shape index (κ1) is 16.9. The third-order valence-corrected chi connectivity index (χ3v) is 4.50. The van der Waals surface area contributed by atoms with Crippen LogP contribution in [0.1, 0.15) is 6.42 Å². The zero-order valence-corrected chi connectivity index (χ0v) is 12.9. The number of aliphatic hydroxyl groups is 1. The molecule has 1 aliphatic rings. The molecule has 0 aliphatic heterocycles. The van der Waals surface area contributed by atoms with Gasteiger partial charge in [0, 0.05) is 11.8 Å². The van der Waals surface area contributed by atoms with E-state index in [1.165, 1.54) is 6.08 Å². The Balaban J connectivity index is 3.04. The summed E-state index contributed by atoms with van der Waals surface area (Å²) in [5, 5.41) is 28.3. The molecule has 0 aromatic carbocycles. The van der Waals surface area contributed by atoms with E-state index < -0.39 is 44.1 Å². The molecule has 0 unspecified atom stereocenters. The second-order valence-electron chi connectivity index (χ2n) is 6.12. The Hall–Kier alpha value is -1.18. The van der Waals surface area contributed by atoms with Gasteiger partial charge in [0.2, 0.25) is 0 Å². The molecule has 114 valence electrons. The lowest BCUT2D eigenvalue weighted by Crippen LogP contribution is -2.40. The average molecular weight is 302 g/mol. The first-order valence-corrected chi connectivity index (χ1v) is 9.93. The van der Waals surface area contributed by atoms with Crippen LogP contribution in [-0.4, -0.2) is 47.8 Å². The summed E-state index contributed by atoms with van der Waals surface area (Å²) in [6.45, 7) is 9.60. The van der Waals surface area contributed by atoms with Crippen LogP contribution < -0.4 is 0 Å². The minimum Gasteiger partial charge on any atom is -0.481 e. The maximum absolute atomic E-state index is 11.2. The second kappa shape index (κ2) is 6.07. The van der Waals surface area contributed by atoms with Crippen molar-refractivity contribution in [1.82, 2.24) is 0 Å². The molecule has 6 nitrogen and oxygen atoms in total. The number of rotatable bonds is 6. The Bertz CT molecular complexity index is 388. The molecule has 4 atom stereocenters. The molecular formula is C13H22O6Si. The average Bonchev–Trinajstić information content (AvgIpc) is 2.51. The van der Waals surface area contributed by atoms with Crippen LogP contribution in [0.4, 0.5) is 0 Å². The Morgan fingerprint density at radius 3 is 2.15 bits per heavy atom. The van der Waals surface area contributed by atoms with Gasteiger partial charge in [0.15, 0.2) is 14.2 Å². The van der Waals surface area contributed by atoms with Crippen LogP contribution in [-0.2, 0) is 14.0 Å². The highest BCUT2D eigenvalue weighted by Crippen LogP contribution is 2.41. The monoisotopic (exact) mass is 302 g/mol. The molecule has 0 saturated heterocycles. The molecule has 3 N–H and O–H groups in total. The Morgan fingerprint density at radius 2 is 1.80 bits per heavy atom. The van der Waals surface area contributed by atoms with Crippen molar-refractivity contribution in [3.05, 3.63) is 12.7 Å². The van der Waals surface area contributed by atoms with Gasteiger partial charge in [-0.1, -0.05) is 6.08 Å². The number of carbonyl (C=O) groups is 2. The fourth-order valence-corrected chi connectivity index (χ4v) is 3.99. The van der Waals surface area contributed by atoms with Crippen molar-refractivity contribution in [3.63, 3.8) is 0 Å². The quantitative estimate of drug-likeness (QED) is 0.386. The van der Waals surface area contributed by atoms with Crippen molar-refractivity contribution in [1.29, 1.82) is 0 Å². The summed E-state index contributed by atoms with van der Waals surface area (Å²) in [7, 11) is -1.88. The summed E-state index contributed by atoms with van der Waals surface area (Å²) in [4.78, 5) is 22.3. The topological polar surface area (TPSA) is 104 Å². The maximum atomic E-state index is 11.2. The van der Waals surface area contributed by atoms with E-state index in [-0.39, 0.29) is 12.5 Å². The zero-order chi connectivity index (χ0) is 15.7. The SMILES string of the molecule is C=C[C@@H]1[C@@H](C(C(=O)O)C(=O)O)[C@@H](O)C[C@H]1O[Si](C)(C)C. The molecule has 0 aromatic rings. The highest BCUT2D eigenvalue weighted by atomic mass is 28.4. The normalized spacial score (nSPS) is 30.4. The van der Waals surface area contributed by atoms with Gasteiger partial charge in [-0.15, -0.1) is 6.58 Å². The molecule has 1 aliphatic carbocycles. The van der Waals surface area contributed by atoms with Gasteiger partial charge in [-0.25, -0.2) is 0 Å². The number of hydrogen-bond acceptors (Lipinski definition) is 4. The van der Waals surface area contributed by atoms with Crippen LogP contribution in [0.5, 0.6) is 0 Å². The lowest BCUT2D eigenvalue weighted by Gasteiger charge is -2.29. The van der Waals surface area contributed by atoms with Crippen molar-refractivity contribution in [2.24, 2.45) is 17.8 Å². The van der Waals surface area contributed by atoms with Gasteiger partial charge in [0.1, 0.15) is 0 Å². The molecule has 0 spiro atoms. The van der Waals surface area contributed by atoms with Crippen molar-refractivity contribution in [2.45, 2.75) is 38.3 Å². The number of hydrogen-bond donors (Lipinski definition) is 3. The molecule has 0 amide bonds. The van der Waals surface area contributed by atoms with Crippen LogP contribution in [0, 0.1) is 17.8 Å². The number of carboxylic acid groups (broad SMARTS) is 2. The molecule has 0 aromatic heterocycles. The van der Waals surface area contributed by atoms with Crippen LogP contribution in [0.2, 0.25) is 19.6 Å².